The molecule has 0 aliphatic carbocycles. The number of aliphatic hydroxyl groups is 1. The van der Waals surface area contributed by atoms with Crippen LogP contribution >= 0.6 is 0 Å². The van der Waals surface area contributed by atoms with Crippen LogP contribution in [0.5, 0.6) is 0 Å². The van der Waals surface area contributed by atoms with E-state index in [0.29, 0.717) is 19.4 Å². The highest BCUT2D eigenvalue weighted by molar-refractivity contribution is 5.94. The lowest BCUT2D eigenvalue weighted by Crippen LogP contribution is -2.58. The van der Waals surface area contributed by atoms with Crippen molar-refractivity contribution in [3.63, 3.8) is 0 Å². The number of guanidine groups is 1. The summed E-state index contributed by atoms with van der Waals surface area (Å²) in [4.78, 5) is 54.3. The van der Waals surface area contributed by atoms with Crippen molar-refractivity contribution in [3.8, 4) is 0 Å². The molecule has 5 atom stereocenters. The van der Waals surface area contributed by atoms with Crippen molar-refractivity contribution in [2.45, 2.75) is 75.7 Å². The predicted molar refractivity (Wildman–Crippen MR) is 146 cm³/mol. The van der Waals surface area contributed by atoms with E-state index in [2.05, 4.69) is 20.9 Å². The Kier molecular flexibility index (Phi) is 15.1. The molecule has 0 aliphatic heterocycles. The maximum absolute atomic E-state index is 13.3. The van der Waals surface area contributed by atoms with Gasteiger partial charge in [-0.05, 0) is 57.6 Å². The molecule has 0 aliphatic rings. The maximum Gasteiger partial charge on any atom is 0.328 e. The summed E-state index contributed by atoms with van der Waals surface area (Å²) in [6.45, 7) is 1.76. The number of aliphatic hydroxyl groups excluding tert-OH is 1. The van der Waals surface area contributed by atoms with Crippen molar-refractivity contribution >= 4 is 29.7 Å². The third kappa shape index (κ3) is 13.0. The zero-order valence-corrected chi connectivity index (χ0v) is 22.2. The minimum atomic E-state index is -1.59. The highest BCUT2D eigenvalue weighted by Crippen LogP contribution is 2.07. The lowest BCUT2D eigenvalue weighted by atomic mass is 10.0. The fourth-order valence-electron chi connectivity index (χ4n) is 3.69. The number of carboxylic acid groups (broad SMARTS) is 1. The first-order valence-electron chi connectivity index (χ1n) is 12.8. The molecule has 0 spiro atoms. The number of hydrogen-bond acceptors (Lipinski definition) is 8. The number of aliphatic carboxylic acids is 1. The quantitative estimate of drug-likeness (QED) is 0.0534. The summed E-state index contributed by atoms with van der Waals surface area (Å²) in [5.74, 6) is -3.61. The Morgan fingerprint density at radius 2 is 1.46 bits per heavy atom. The van der Waals surface area contributed by atoms with E-state index in [1.165, 1.54) is 6.92 Å². The monoisotopic (exact) mass is 550 g/mol. The summed E-state index contributed by atoms with van der Waals surface area (Å²) in [6.07, 6.45) is 0.557. The van der Waals surface area contributed by atoms with E-state index in [-0.39, 0.29) is 38.2 Å². The number of nitrogens with one attached hydrogen (secondary N) is 3. The first-order valence-corrected chi connectivity index (χ1v) is 12.8. The van der Waals surface area contributed by atoms with E-state index in [4.69, 9.17) is 22.9 Å². The molecule has 0 fully saturated rings. The molecule has 218 valence electrons. The molecule has 0 heterocycles. The number of carbonyl (C=O) groups is 4. The second kappa shape index (κ2) is 17.7. The van der Waals surface area contributed by atoms with Crippen LogP contribution in [0.3, 0.4) is 0 Å². The number of benzene rings is 1. The Bertz CT molecular complexity index is 955. The Hall–Kier alpha value is -3.75. The van der Waals surface area contributed by atoms with Crippen molar-refractivity contribution in [2.24, 2.45) is 27.9 Å². The number of nitrogens with two attached hydrogens (primary N) is 4. The second-order valence-electron chi connectivity index (χ2n) is 9.22. The molecule has 0 bridgehead atoms. The molecular weight excluding hydrogens is 508 g/mol. The molecule has 3 amide bonds. The van der Waals surface area contributed by atoms with Gasteiger partial charge in [0.1, 0.15) is 12.1 Å². The lowest BCUT2D eigenvalue weighted by Gasteiger charge is -2.26. The Morgan fingerprint density at radius 3 is 2.00 bits per heavy atom. The third-order valence-corrected chi connectivity index (χ3v) is 5.84. The van der Waals surface area contributed by atoms with Crippen LogP contribution in [0.25, 0.3) is 0 Å². The Labute approximate surface area is 228 Å². The standard InChI is InChI=1S/C25H42N8O6/c1-15(34)20(24(38)39)33-23(37)19(11-7-13-30-25(28)29)32-22(36)18(10-5-6-12-26)31-21(35)17(27)14-16-8-3-2-4-9-16/h2-4,8-9,15,17-20,34H,5-7,10-14,26-27H2,1H3,(H,31,35)(H,32,36)(H,33,37)(H,38,39)(H4,28,29,30). The molecule has 0 aromatic heterocycles. The first-order chi connectivity index (χ1) is 18.5. The Morgan fingerprint density at radius 1 is 0.897 bits per heavy atom. The van der Waals surface area contributed by atoms with Crippen molar-refractivity contribution in [2.75, 3.05) is 13.1 Å². The number of unbranched alkanes of at least 4 members (excludes halogenated alkanes) is 1. The van der Waals surface area contributed by atoms with Gasteiger partial charge in [-0.2, -0.15) is 0 Å². The zero-order chi connectivity index (χ0) is 29.4. The van der Waals surface area contributed by atoms with Crippen molar-refractivity contribution in [1.82, 2.24) is 16.0 Å². The van der Waals surface area contributed by atoms with E-state index in [9.17, 15) is 29.4 Å². The van der Waals surface area contributed by atoms with Gasteiger partial charge in [0.25, 0.3) is 0 Å². The number of hydrogen-bond donors (Lipinski definition) is 9. The van der Waals surface area contributed by atoms with Crippen LogP contribution in [0.1, 0.15) is 44.6 Å². The summed E-state index contributed by atoms with van der Waals surface area (Å²) >= 11 is 0. The van der Waals surface area contributed by atoms with Gasteiger partial charge in [0.15, 0.2) is 12.0 Å². The van der Waals surface area contributed by atoms with E-state index >= 15 is 0 Å². The average molecular weight is 551 g/mol. The van der Waals surface area contributed by atoms with E-state index in [1.807, 2.05) is 30.3 Å². The number of nitrogens with zero attached hydrogens (tertiary/aromatic N) is 1. The highest BCUT2D eigenvalue weighted by atomic mass is 16.4. The van der Waals surface area contributed by atoms with Crippen LogP contribution in [0.2, 0.25) is 0 Å². The number of amides is 3. The van der Waals surface area contributed by atoms with Crippen LogP contribution in [0, 0.1) is 0 Å². The largest absolute Gasteiger partial charge is 0.480 e. The highest BCUT2D eigenvalue weighted by Gasteiger charge is 2.31. The van der Waals surface area contributed by atoms with Crippen molar-refractivity contribution in [1.29, 1.82) is 0 Å². The molecule has 1 aromatic rings. The third-order valence-electron chi connectivity index (χ3n) is 5.84. The minimum absolute atomic E-state index is 0.0531. The molecular formula is C25H42N8O6. The lowest BCUT2D eigenvalue weighted by molar-refractivity contribution is -0.145. The van der Waals surface area contributed by atoms with Crippen molar-refractivity contribution < 1.29 is 29.4 Å². The van der Waals surface area contributed by atoms with E-state index < -0.39 is 54.0 Å². The van der Waals surface area contributed by atoms with Crippen LogP contribution in [-0.2, 0) is 25.6 Å². The second-order valence-corrected chi connectivity index (χ2v) is 9.22. The predicted octanol–water partition coefficient (Wildman–Crippen LogP) is -2.34. The number of carboxylic acids is 1. The number of carbonyl (C=O) groups excluding carboxylic acids is 3. The molecule has 0 radical (unpaired) electrons. The summed E-state index contributed by atoms with van der Waals surface area (Å²) in [5.41, 5.74) is 23.2. The van der Waals surface area contributed by atoms with Gasteiger partial charge < -0.3 is 49.1 Å². The fraction of sp³-hybridized carbons (Fsp3) is 0.560. The van der Waals surface area contributed by atoms with Gasteiger partial charge >= 0.3 is 5.97 Å². The molecule has 1 rings (SSSR count). The van der Waals surface area contributed by atoms with E-state index in [1.54, 1.807) is 0 Å². The van der Waals surface area contributed by atoms with Gasteiger partial charge in [-0.15, -0.1) is 0 Å². The molecule has 5 unspecified atom stereocenters. The minimum Gasteiger partial charge on any atom is -0.480 e. The van der Waals surface area contributed by atoms with Crippen LogP contribution in [-0.4, -0.2) is 83.2 Å². The van der Waals surface area contributed by atoms with Crippen LogP contribution in [0.4, 0.5) is 0 Å². The molecule has 1 aromatic carbocycles. The Balaban J connectivity index is 3.02. The molecule has 14 nitrogen and oxygen atoms in total. The topological polar surface area (TPSA) is 261 Å². The molecule has 0 saturated heterocycles. The number of aliphatic imine (C=N–C) groups is 1. The average Bonchev–Trinajstić information content (AvgIpc) is 2.88. The SMILES string of the molecule is CC(O)C(NC(=O)C(CCCN=C(N)N)NC(=O)C(CCCCN)NC(=O)C(N)Cc1ccccc1)C(=O)O. The normalized spacial score (nSPS) is 14.7. The zero-order valence-electron chi connectivity index (χ0n) is 22.2. The van der Waals surface area contributed by atoms with Gasteiger partial charge in [0.05, 0.1) is 12.1 Å². The molecule has 39 heavy (non-hydrogen) atoms. The molecule has 13 N–H and O–H groups in total. The van der Waals surface area contributed by atoms with E-state index in [0.717, 1.165) is 5.56 Å². The van der Waals surface area contributed by atoms with Crippen LogP contribution < -0.4 is 38.9 Å². The van der Waals surface area contributed by atoms with Crippen molar-refractivity contribution in [3.05, 3.63) is 35.9 Å². The summed E-state index contributed by atoms with van der Waals surface area (Å²) in [6, 6.07) is 4.44. The smallest absolute Gasteiger partial charge is 0.328 e. The van der Waals surface area contributed by atoms with Gasteiger partial charge in [0.2, 0.25) is 17.7 Å². The molecule has 0 saturated carbocycles. The van der Waals surface area contributed by atoms with Gasteiger partial charge in [0, 0.05) is 6.54 Å². The van der Waals surface area contributed by atoms with Gasteiger partial charge in [-0.3, -0.25) is 19.4 Å². The fourth-order valence-corrected chi connectivity index (χ4v) is 3.69. The van der Waals surface area contributed by atoms with Crippen LogP contribution in [0.15, 0.2) is 35.3 Å². The number of rotatable bonds is 18. The van der Waals surface area contributed by atoms with Gasteiger partial charge in [-0.25, -0.2) is 4.79 Å². The summed E-state index contributed by atoms with van der Waals surface area (Å²) in [7, 11) is 0. The maximum atomic E-state index is 13.3. The summed E-state index contributed by atoms with van der Waals surface area (Å²) in [5, 5.41) is 26.5. The molecule has 14 heteroatoms. The van der Waals surface area contributed by atoms with Gasteiger partial charge in [-0.1, -0.05) is 30.3 Å². The summed E-state index contributed by atoms with van der Waals surface area (Å²) < 4.78 is 0. The first kappa shape index (κ1) is 33.3.